The molecule has 0 aliphatic carbocycles. The van der Waals surface area contributed by atoms with Gasteiger partial charge in [0.25, 0.3) is 0 Å². The Hall–Kier alpha value is -0.800. The molecule has 11 heteroatoms. The number of hydrogen-bond donors (Lipinski definition) is 3. The number of carbonyl (C=O) groups is 1. The molecule has 0 bridgehead atoms. The molecule has 0 saturated heterocycles. The average molecular weight is 300 g/mol. The predicted molar refractivity (Wildman–Crippen MR) is 52.4 cm³/mol. The Morgan fingerprint density at radius 1 is 1.35 bits per heavy atom. The smallest absolute Gasteiger partial charge is 0.357 e. The van der Waals surface area contributed by atoms with Crippen molar-refractivity contribution in [1.82, 2.24) is 5.43 Å². The van der Waals surface area contributed by atoms with Crippen LogP contribution in [-0.4, -0.2) is 33.7 Å². The third kappa shape index (κ3) is 4.17. The minimum absolute atomic E-state index is 0.358. The molecule has 0 radical (unpaired) electrons. The summed E-state index contributed by atoms with van der Waals surface area (Å²) in [6.07, 6.45) is -1.06. The molecule has 0 saturated carbocycles. The Kier molecular flexibility index (Phi) is 4.99. The van der Waals surface area contributed by atoms with E-state index in [1.54, 1.807) is 5.43 Å². The highest BCUT2D eigenvalue weighted by molar-refractivity contribution is 6.26. The highest BCUT2D eigenvalue weighted by atomic mass is 35.5. The number of rotatable bonds is 5. The molecule has 0 heterocycles. The highest BCUT2D eigenvalue weighted by Gasteiger charge is 2.66. The van der Waals surface area contributed by atoms with E-state index in [4.69, 9.17) is 5.11 Å². The number of hydrogen-bond acceptors (Lipinski definition) is 3. The molecule has 2 amide bonds. The van der Waals surface area contributed by atoms with Gasteiger partial charge in [0.2, 0.25) is 5.60 Å². The monoisotopic (exact) mass is 299 g/mol. The minimum Gasteiger partial charge on any atom is -0.376 e. The van der Waals surface area contributed by atoms with Gasteiger partial charge in [-0.15, -0.1) is 0 Å². The van der Waals surface area contributed by atoms with Crippen molar-refractivity contribution in [3.63, 3.8) is 0 Å². The molecule has 0 atom stereocenters. The fourth-order valence-corrected chi connectivity index (χ4v) is 1.12. The van der Waals surface area contributed by atoms with Crippen LogP contribution >= 0.6 is 23.2 Å². The second kappa shape index (κ2) is 5.23. The Labute approximate surface area is 103 Å². The van der Waals surface area contributed by atoms with E-state index in [9.17, 15) is 22.4 Å². The topological polar surface area (TPSA) is 87.7 Å². The number of nitrogens with zero attached hydrogens (tertiary/aromatic N) is 1. The van der Waals surface area contributed by atoms with E-state index < -0.39 is 28.8 Å². The molecular weight excluding hydrogens is 293 g/mol. The minimum atomic E-state index is -4.71. The summed E-state index contributed by atoms with van der Waals surface area (Å²) in [5, 5.41) is 2.52. The van der Waals surface area contributed by atoms with Crippen molar-refractivity contribution < 1.29 is 27.5 Å². The summed E-state index contributed by atoms with van der Waals surface area (Å²) in [4.78, 5) is 10.1. The first-order valence-electron chi connectivity index (χ1n) is 3.84. The molecule has 0 aromatic carbocycles. The molecular formula is C6H7Cl2F4N3O2. The molecule has 0 aliphatic heterocycles. The van der Waals surface area contributed by atoms with Crippen molar-refractivity contribution in [2.75, 3.05) is 0 Å². The van der Waals surface area contributed by atoms with Crippen molar-refractivity contribution in [2.24, 2.45) is 10.8 Å². The summed E-state index contributed by atoms with van der Waals surface area (Å²) >= 11 is 8.69. The maximum absolute atomic E-state index is 12.6. The number of urea groups is 1. The first-order chi connectivity index (χ1) is 7.42. The van der Waals surface area contributed by atoms with Gasteiger partial charge >= 0.3 is 16.8 Å². The van der Waals surface area contributed by atoms with Crippen LogP contribution in [0, 0.1) is 0 Å². The van der Waals surface area contributed by atoms with Crippen molar-refractivity contribution in [3.8, 4) is 0 Å². The van der Waals surface area contributed by atoms with E-state index >= 15 is 0 Å². The van der Waals surface area contributed by atoms with Crippen LogP contribution in [0.4, 0.5) is 22.4 Å². The zero-order valence-corrected chi connectivity index (χ0v) is 9.44. The third-order valence-corrected chi connectivity index (χ3v) is 2.22. The van der Waals surface area contributed by atoms with Gasteiger partial charge in [0.15, 0.2) is 0 Å². The normalized spacial score (nSPS) is 14.1. The van der Waals surface area contributed by atoms with E-state index in [2.05, 4.69) is 34.0 Å². The van der Waals surface area contributed by atoms with Crippen LogP contribution in [-0.2, 0) is 0 Å². The van der Waals surface area contributed by atoms with Crippen LogP contribution in [0.2, 0.25) is 0 Å². The van der Waals surface area contributed by atoms with Gasteiger partial charge in [-0.1, -0.05) is 0 Å². The first kappa shape index (κ1) is 16.2. The lowest BCUT2D eigenvalue weighted by Gasteiger charge is -2.33. The van der Waals surface area contributed by atoms with E-state index in [0.717, 1.165) is 0 Å². The number of carbonyl (C=O) groups excluding carboxylic acids is 1. The van der Waals surface area contributed by atoms with Crippen LogP contribution < -0.4 is 11.2 Å². The quantitative estimate of drug-likeness (QED) is 0.310. The lowest BCUT2D eigenvalue weighted by molar-refractivity contribution is -0.212. The summed E-state index contributed by atoms with van der Waals surface area (Å²) in [5.74, 6) is 0. The van der Waals surface area contributed by atoms with Gasteiger partial charge in [0.1, 0.15) is 0 Å². The Bertz CT molecular complexity index is 301. The van der Waals surface area contributed by atoms with Crippen LogP contribution in [0.3, 0.4) is 0 Å². The van der Waals surface area contributed by atoms with Crippen LogP contribution in [0.5, 0.6) is 0 Å². The Balaban J connectivity index is 4.88. The van der Waals surface area contributed by atoms with Gasteiger partial charge in [-0.25, -0.2) is 10.2 Å². The molecule has 4 N–H and O–H groups in total. The molecule has 0 aromatic rings. The van der Waals surface area contributed by atoms with E-state index in [1.807, 2.05) is 0 Å². The molecule has 0 unspecified atom stereocenters. The first-order valence-corrected chi connectivity index (χ1v) is 4.60. The SMILES string of the molecule is NC(=O)N/N=C/CC(O)(C(F)(F)Cl)C(F)(F)Cl. The van der Waals surface area contributed by atoms with Gasteiger partial charge in [-0.3, -0.25) is 0 Å². The largest absolute Gasteiger partial charge is 0.376 e. The summed E-state index contributed by atoms with van der Waals surface area (Å²) in [5.41, 5.74) is 2.02. The zero-order chi connectivity index (χ0) is 13.9. The maximum atomic E-state index is 12.6. The Morgan fingerprint density at radius 3 is 2.06 bits per heavy atom. The van der Waals surface area contributed by atoms with Gasteiger partial charge in [0, 0.05) is 12.6 Å². The number of nitrogens with two attached hydrogens (primary N) is 1. The number of nitrogens with one attached hydrogen (secondary N) is 1. The lowest BCUT2D eigenvalue weighted by atomic mass is 10.0. The zero-order valence-electron chi connectivity index (χ0n) is 7.93. The Morgan fingerprint density at radius 2 is 1.76 bits per heavy atom. The summed E-state index contributed by atoms with van der Waals surface area (Å²) in [7, 11) is 0. The summed E-state index contributed by atoms with van der Waals surface area (Å²) in [6.45, 7) is 0. The number of alkyl halides is 6. The van der Waals surface area contributed by atoms with Gasteiger partial charge in [-0.05, 0) is 23.2 Å². The average Bonchev–Trinajstić information content (AvgIpc) is 2.07. The molecule has 0 aliphatic rings. The van der Waals surface area contributed by atoms with Gasteiger partial charge < -0.3 is 10.8 Å². The van der Waals surface area contributed by atoms with Crippen molar-refractivity contribution >= 4 is 35.4 Å². The third-order valence-electron chi connectivity index (χ3n) is 1.59. The molecule has 17 heavy (non-hydrogen) atoms. The number of primary amides is 1. The van der Waals surface area contributed by atoms with Crippen LogP contribution in [0.1, 0.15) is 6.42 Å². The second-order valence-electron chi connectivity index (χ2n) is 2.85. The standard InChI is InChI=1S/C6H7Cl2F4N3O2/c7-5(9,10)4(17,6(8,11)12)1-2-14-15-3(13)16/h2,17H,1H2,(H3,13,15,16)/b14-2+. The van der Waals surface area contributed by atoms with E-state index in [1.165, 1.54) is 0 Å². The molecule has 100 valence electrons. The second-order valence-corrected chi connectivity index (χ2v) is 3.80. The predicted octanol–water partition coefficient (Wildman–Crippen LogP) is 1.42. The van der Waals surface area contributed by atoms with E-state index in [-0.39, 0.29) is 0 Å². The van der Waals surface area contributed by atoms with E-state index in [0.29, 0.717) is 6.21 Å². The van der Waals surface area contributed by atoms with Crippen LogP contribution in [0.25, 0.3) is 0 Å². The van der Waals surface area contributed by atoms with Gasteiger partial charge in [0.05, 0.1) is 0 Å². The molecule has 5 nitrogen and oxygen atoms in total. The number of halogens is 6. The highest BCUT2D eigenvalue weighted by Crippen LogP contribution is 2.47. The summed E-state index contributed by atoms with van der Waals surface area (Å²) < 4.78 is 50.5. The molecule has 0 rings (SSSR count). The fraction of sp³-hybridized carbons (Fsp3) is 0.667. The summed E-state index contributed by atoms with van der Waals surface area (Å²) in [6, 6.07) is -1.15. The van der Waals surface area contributed by atoms with Gasteiger partial charge in [-0.2, -0.15) is 22.7 Å². The molecule has 0 aromatic heterocycles. The fourth-order valence-electron chi connectivity index (χ4n) is 0.679. The molecule has 0 spiro atoms. The van der Waals surface area contributed by atoms with Crippen LogP contribution in [0.15, 0.2) is 5.10 Å². The number of hydrazone groups is 1. The number of amides is 2. The molecule has 0 fully saturated rings. The van der Waals surface area contributed by atoms with Crippen molar-refractivity contribution in [3.05, 3.63) is 0 Å². The van der Waals surface area contributed by atoms with Crippen molar-refractivity contribution in [2.45, 2.75) is 22.8 Å². The van der Waals surface area contributed by atoms with Crippen molar-refractivity contribution in [1.29, 1.82) is 0 Å². The number of aliphatic hydroxyl groups is 1. The maximum Gasteiger partial charge on any atom is 0.357 e. The lowest BCUT2D eigenvalue weighted by Crippen LogP contribution is -2.56.